The maximum atomic E-state index is 12.7. The Hall–Kier alpha value is -2.01. The van der Waals surface area contributed by atoms with Crippen LogP contribution in [-0.4, -0.2) is 88.7 Å². The zero-order valence-electron chi connectivity index (χ0n) is 14.8. The average molecular weight is 398 g/mol. The van der Waals surface area contributed by atoms with E-state index in [1.165, 1.54) is 28.6 Å². The Morgan fingerprint density at radius 2 is 1.63 bits per heavy atom. The molecular weight excluding hydrogens is 376 g/mol. The lowest BCUT2D eigenvalue weighted by Gasteiger charge is -2.26. The zero-order valence-corrected chi connectivity index (χ0v) is 15.7. The Morgan fingerprint density at radius 1 is 1.00 bits per heavy atom. The molecule has 9 nitrogen and oxygen atoms in total. The van der Waals surface area contributed by atoms with Gasteiger partial charge in [-0.15, -0.1) is 0 Å². The van der Waals surface area contributed by atoms with E-state index < -0.39 is 16.0 Å². The second-order valence-corrected chi connectivity index (χ2v) is 8.05. The molecule has 0 atom stereocenters. The van der Waals surface area contributed by atoms with E-state index >= 15 is 0 Å². The summed E-state index contributed by atoms with van der Waals surface area (Å²) < 4.78 is 42.1. The fraction of sp³-hybridized carbons (Fsp3) is 0.529. The zero-order chi connectivity index (χ0) is 19.3. The van der Waals surface area contributed by atoms with Gasteiger partial charge in [0.1, 0.15) is 0 Å². The number of amides is 1. The minimum absolute atomic E-state index is 0.0124. The summed E-state index contributed by atoms with van der Waals surface area (Å²) in [5.74, 6) is -1.04. The van der Waals surface area contributed by atoms with Crippen LogP contribution in [0.25, 0.3) is 0 Å². The van der Waals surface area contributed by atoms with E-state index in [0.29, 0.717) is 39.5 Å². The van der Waals surface area contributed by atoms with Gasteiger partial charge in [0, 0.05) is 26.2 Å². The minimum atomic E-state index is -3.71. The Labute approximate surface area is 157 Å². The van der Waals surface area contributed by atoms with Gasteiger partial charge in [-0.1, -0.05) is 6.07 Å². The highest BCUT2D eigenvalue weighted by Gasteiger charge is 2.27. The minimum Gasteiger partial charge on any atom is -0.452 e. The van der Waals surface area contributed by atoms with Crippen LogP contribution in [0.2, 0.25) is 0 Å². The van der Waals surface area contributed by atoms with Gasteiger partial charge in [-0.05, 0) is 18.2 Å². The lowest BCUT2D eigenvalue weighted by molar-refractivity contribution is -0.138. The second-order valence-electron chi connectivity index (χ2n) is 6.11. The molecule has 0 aromatic heterocycles. The molecule has 10 heteroatoms. The number of hydrogen-bond acceptors (Lipinski definition) is 7. The Balaban J connectivity index is 1.64. The first-order valence-electron chi connectivity index (χ1n) is 8.69. The molecule has 0 bridgehead atoms. The van der Waals surface area contributed by atoms with E-state index in [0.717, 1.165) is 0 Å². The molecule has 1 aromatic rings. The van der Waals surface area contributed by atoms with Crippen molar-refractivity contribution in [3.8, 4) is 0 Å². The smallest absolute Gasteiger partial charge is 0.338 e. The second kappa shape index (κ2) is 8.79. The fourth-order valence-electron chi connectivity index (χ4n) is 2.83. The van der Waals surface area contributed by atoms with E-state index in [-0.39, 0.29) is 36.1 Å². The Morgan fingerprint density at radius 3 is 2.30 bits per heavy atom. The molecule has 1 amide bonds. The summed E-state index contributed by atoms with van der Waals surface area (Å²) in [6.07, 6.45) is 0. The van der Waals surface area contributed by atoms with Crippen LogP contribution < -0.4 is 0 Å². The number of ether oxygens (including phenoxy) is 3. The van der Waals surface area contributed by atoms with E-state index in [2.05, 4.69) is 0 Å². The Kier molecular flexibility index (Phi) is 6.42. The highest BCUT2D eigenvalue weighted by atomic mass is 32.2. The van der Waals surface area contributed by atoms with Gasteiger partial charge in [0.05, 0.1) is 36.9 Å². The van der Waals surface area contributed by atoms with Gasteiger partial charge in [0.2, 0.25) is 10.0 Å². The predicted molar refractivity (Wildman–Crippen MR) is 93.7 cm³/mol. The topological polar surface area (TPSA) is 102 Å². The van der Waals surface area contributed by atoms with Crippen LogP contribution in [0, 0.1) is 0 Å². The molecule has 148 valence electrons. The van der Waals surface area contributed by atoms with Gasteiger partial charge in [-0.25, -0.2) is 13.2 Å². The van der Waals surface area contributed by atoms with Crippen LogP contribution in [0.5, 0.6) is 0 Å². The van der Waals surface area contributed by atoms with Crippen molar-refractivity contribution in [3.05, 3.63) is 29.8 Å². The Bertz CT molecular complexity index is 784. The number of rotatable bonds is 5. The van der Waals surface area contributed by atoms with Crippen molar-refractivity contribution in [2.45, 2.75) is 4.90 Å². The number of benzene rings is 1. The van der Waals surface area contributed by atoms with Crippen molar-refractivity contribution < 1.29 is 32.2 Å². The summed E-state index contributed by atoms with van der Waals surface area (Å²) in [6, 6.07) is 5.64. The third-order valence-corrected chi connectivity index (χ3v) is 6.26. The number of morpholine rings is 2. The van der Waals surface area contributed by atoms with Gasteiger partial charge in [-0.2, -0.15) is 4.31 Å². The van der Waals surface area contributed by atoms with Gasteiger partial charge in [0.25, 0.3) is 5.91 Å². The van der Waals surface area contributed by atoms with Crippen molar-refractivity contribution in [2.24, 2.45) is 0 Å². The molecule has 2 aliphatic rings. The monoisotopic (exact) mass is 398 g/mol. The molecule has 3 rings (SSSR count). The maximum Gasteiger partial charge on any atom is 0.338 e. The highest BCUT2D eigenvalue weighted by Crippen LogP contribution is 2.18. The lowest BCUT2D eigenvalue weighted by Crippen LogP contribution is -2.42. The molecule has 0 unspecified atom stereocenters. The van der Waals surface area contributed by atoms with Crippen molar-refractivity contribution in [3.63, 3.8) is 0 Å². The van der Waals surface area contributed by atoms with Crippen LogP contribution >= 0.6 is 0 Å². The number of sulfonamides is 1. The molecule has 2 fully saturated rings. The summed E-state index contributed by atoms with van der Waals surface area (Å²) in [5, 5.41) is 0. The predicted octanol–water partition coefficient (Wildman–Crippen LogP) is -0.277. The molecule has 1 aromatic carbocycles. The molecule has 0 spiro atoms. The van der Waals surface area contributed by atoms with Gasteiger partial charge < -0.3 is 19.1 Å². The summed E-state index contributed by atoms with van der Waals surface area (Å²) >= 11 is 0. The molecular formula is C17H22N2O7S. The molecule has 27 heavy (non-hydrogen) atoms. The van der Waals surface area contributed by atoms with E-state index in [9.17, 15) is 18.0 Å². The van der Waals surface area contributed by atoms with Crippen molar-refractivity contribution in [1.82, 2.24) is 9.21 Å². The van der Waals surface area contributed by atoms with Crippen molar-refractivity contribution in [1.29, 1.82) is 0 Å². The average Bonchev–Trinajstić information content (AvgIpc) is 2.73. The van der Waals surface area contributed by atoms with Crippen LogP contribution in [-0.2, 0) is 29.0 Å². The van der Waals surface area contributed by atoms with E-state index in [1.54, 1.807) is 4.90 Å². The number of esters is 1. The molecule has 2 heterocycles. The molecule has 2 aliphatic heterocycles. The summed E-state index contributed by atoms with van der Waals surface area (Å²) in [5.41, 5.74) is 0.0825. The fourth-order valence-corrected chi connectivity index (χ4v) is 4.29. The molecule has 0 saturated carbocycles. The molecule has 0 radical (unpaired) electrons. The number of hydrogen-bond donors (Lipinski definition) is 0. The summed E-state index contributed by atoms with van der Waals surface area (Å²) in [6.45, 7) is 2.67. The largest absolute Gasteiger partial charge is 0.452 e. The summed E-state index contributed by atoms with van der Waals surface area (Å²) in [7, 11) is -3.71. The number of nitrogens with zero attached hydrogens (tertiary/aromatic N) is 2. The van der Waals surface area contributed by atoms with E-state index in [1.807, 2.05) is 0 Å². The van der Waals surface area contributed by atoms with Gasteiger partial charge in [0.15, 0.2) is 6.61 Å². The normalized spacial score (nSPS) is 18.9. The SMILES string of the molecule is O=C(OCC(=O)N1CCOCC1)c1cccc(S(=O)(=O)N2CCOCC2)c1. The quantitative estimate of drug-likeness (QED) is 0.629. The molecule has 0 aliphatic carbocycles. The van der Waals surface area contributed by atoms with Crippen LogP contribution in [0.15, 0.2) is 29.2 Å². The third-order valence-electron chi connectivity index (χ3n) is 4.37. The van der Waals surface area contributed by atoms with Gasteiger partial charge >= 0.3 is 5.97 Å². The highest BCUT2D eigenvalue weighted by molar-refractivity contribution is 7.89. The third kappa shape index (κ3) is 4.83. The number of carbonyl (C=O) groups excluding carboxylic acids is 2. The summed E-state index contributed by atoms with van der Waals surface area (Å²) in [4.78, 5) is 25.9. The van der Waals surface area contributed by atoms with Crippen LogP contribution in [0.1, 0.15) is 10.4 Å². The van der Waals surface area contributed by atoms with E-state index in [4.69, 9.17) is 14.2 Å². The van der Waals surface area contributed by atoms with Crippen molar-refractivity contribution in [2.75, 3.05) is 59.2 Å². The standard InChI is InChI=1S/C17H22N2O7S/c20-16(18-4-8-24-9-5-18)13-26-17(21)14-2-1-3-15(12-14)27(22,23)19-6-10-25-11-7-19/h1-3,12H,4-11,13H2. The first kappa shape index (κ1) is 19.7. The maximum absolute atomic E-state index is 12.7. The first-order valence-corrected chi connectivity index (χ1v) is 10.1. The van der Waals surface area contributed by atoms with Crippen LogP contribution in [0.4, 0.5) is 0 Å². The number of carbonyl (C=O) groups is 2. The van der Waals surface area contributed by atoms with Crippen LogP contribution in [0.3, 0.4) is 0 Å². The molecule has 0 N–H and O–H groups in total. The first-order chi connectivity index (χ1) is 13.0. The lowest BCUT2D eigenvalue weighted by atomic mass is 10.2. The van der Waals surface area contributed by atoms with Crippen molar-refractivity contribution >= 4 is 21.9 Å². The molecule has 2 saturated heterocycles. The van der Waals surface area contributed by atoms with Gasteiger partial charge in [-0.3, -0.25) is 4.79 Å².